The Balaban J connectivity index is 0.00000169. The molecule has 1 saturated heterocycles. The minimum atomic E-state index is -0.409. The number of hydrogen-bond acceptors (Lipinski definition) is 4. The van der Waals surface area contributed by atoms with E-state index in [0.29, 0.717) is 19.6 Å². The Hall–Kier alpha value is -0.160. The molecule has 1 aliphatic rings. The van der Waals surface area contributed by atoms with E-state index in [9.17, 15) is 4.79 Å². The van der Waals surface area contributed by atoms with Crippen molar-refractivity contribution in [2.45, 2.75) is 25.9 Å². The molecule has 0 radical (unpaired) electrons. The van der Waals surface area contributed by atoms with Gasteiger partial charge in [0.15, 0.2) is 0 Å². The van der Waals surface area contributed by atoms with Gasteiger partial charge in [-0.25, -0.2) is 0 Å². The molecule has 84 valence electrons. The number of ether oxygens (including phenoxy) is 1. The van der Waals surface area contributed by atoms with Crippen molar-refractivity contribution in [1.29, 1.82) is 0 Å². The molecule has 4 nitrogen and oxygen atoms in total. The normalized spacial score (nSPS) is 28.2. The molecule has 1 aliphatic heterocycles. The van der Waals surface area contributed by atoms with Crippen LogP contribution in [0.2, 0.25) is 0 Å². The molecule has 0 aromatic rings. The summed E-state index contributed by atoms with van der Waals surface area (Å²) in [5, 5.41) is 0. The lowest BCUT2D eigenvalue weighted by molar-refractivity contribution is -0.118. The first kappa shape index (κ1) is 13.8. The fraction of sp³-hybridized carbons (Fsp3) is 0.889. The highest BCUT2D eigenvalue weighted by Crippen LogP contribution is 2.13. The van der Waals surface area contributed by atoms with E-state index in [0.717, 1.165) is 13.1 Å². The predicted molar refractivity (Wildman–Crippen MR) is 57.5 cm³/mol. The first-order chi connectivity index (χ1) is 6.02. The van der Waals surface area contributed by atoms with E-state index in [-0.39, 0.29) is 18.2 Å². The van der Waals surface area contributed by atoms with Gasteiger partial charge in [-0.2, -0.15) is 0 Å². The van der Waals surface area contributed by atoms with Gasteiger partial charge in [0.05, 0.1) is 18.9 Å². The summed E-state index contributed by atoms with van der Waals surface area (Å²) in [7, 11) is 0. The monoisotopic (exact) mass is 222 g/mol. The van der Waals surface area contributed by atoms with Crippen LogP contribution in [0.5, 0.6) is 0 Å². The van der Waals surface area contributed by atoms with Crippen molar-refractivity contribution in [1.82, 2.24) is 4.90 Å². The Morgan fingerprint density at radius 1 is 1.64 bits per heavy atom. The Bertz CT molecular complexity index is 197. The van der Waals surface area contributed by atoms with Crippen molar-refractivity contribution in [2.75, 3.05) is 26.3 Å². The van der Waals surface area contributed by atoms with E-state index in [4.69, 9.17) is 10.5 Å². The summed E-state index contributed by atoms with van der Waals surface area (Å²) in [5.74, 6) is 0.210. The average Bonchev–Trinajstić information content (AvgIpc) is 2.01. The second-order valence-corrected chi connectivity index (χ2v) is 3.85. The van der Waals surface area contributed by atoms with Gasteiger partial charge in [-0.05, 0) is 13.8 Å². The molecule has 0 aromatic heterocycles. The number of rotatable bonds is 3. The zero-order valence-corrected chi connectivity index (χ0v) is 9.60. The van der Waals surface area contributed by atoms with Crippen LogP contribution in [0.1, 0.15) is 20.3 Å². The highest BCUT2D eigenvalue weighted by atomic mass is 35.5. The number of nitrogens with zero attached hydrogens (tertiary/aromatic N) is 1. The minimum absolute atomic E-state index is 0. The van der Waals surface area contributed by atoms with Crippen LogP contribution < -0.4 is 5.73 Å². The van der Waals surface area contributed by atoms with Gasteiger partial charge < -0.3 is 10.5 Å². The third-order valence-corrected chi connectivity index (χ3v) is 2.36. The highest BCUT2D eigenvalue weighted by Gasteiger charge is 2.30. The van der Waals surface area contributed by atoms with Crippen molar-refractivity contribution in [3.8, 4) is 0 Å². The quantitative estimate of drug-likeness (QED) is 0.751. The number of carbonyl (C=O) groups is 1. The molecule has 1 unspecified atom stereocenters. The molecule has 0 amide bonds. The van der Waals surface area contributed by atoms with E-state index in [2.05, 4.69) is 4.90 Å². The van der Waals surface area contributed by atoms with E-state index < -0.39 is 5.66 Å². The smallest absolute Gasteiger partial charge is 0.131 e. The fourth-order valence-corrected chi connectivity index (χ4v) is 1.46. The molecule has 0 saturated carbocycles. The Labute approximate surface area is 91.2 Å². The van der Waals surface area contributed by atoms with Crippen molar-refractivity contribution in [3.63, 3.8) is 0 Å². The van der Waals surface area contributed by atoms with Crippen molar-refractivity contribution in [2.24, 2.45) is 5.73 Å². The van der Waals surface area contributed by atoms with Gasteiger partial charge in [-0.3, -0.25) is 9.69 Å². The lowest BCUT2D eigenvalue weighted by atomic mass is 10.1. The van der Waals surface area contributed by atoms with E-state index in [1.54, 1.807) is 6.92 Å². The van der Waals surface area contributed by atoms with Gasteiger partial charge in [0, 0.05) is 19.5 Å². The summed E-state index contributed by atoms with van der Waals surface area (Å²) >= 11 is 0. The Morgan fingerprint density at radius 3 is 2.79 bits per heavy atom. The summed E-state index contributed by atoms with van der Waals surface area (Å²) in [5.41, 5.74) is 5.59. The van der Waals surface area contributed by atoms with Crippen LogP contribution in [0.15, 0.2) is 0 Å². The Kier molecular flexibility index (Phi) is 5.59. The van der Waals surface area contributed by atoms with Crippen LogP contribution >= 0.6 is 12.4 Å². The van der Waals surface area contributed by atoms with Crippen molar-refractivity contribution in [3.05, 3.63) is 0 Å². The molecule has 2 N–H and O–H groups in total. The van der Waals surface area contributed by atoms with Crippen molar-refractivity contribution < 1.29 is 9.53 Å². The highest BCUT2D eigenvalue weighted by molar-refractivity contribution is 5.85. The number of halogens is 1. The molecule has 0 spiro atoms. The van der Waals surface area contributed by atoms with Gasteiger partial charge in [-0.1, -0.05) is 0 Å². The zero-order chi connectivity index (χ0) is 9.90. The first-order valence-corrected chi connectivity index (χ1v) is 4.63. The third-order valence-electron chi connectivity index (χ3n) is 2.36. The van der Waals surface area contributed by atoms with Crippen molar-refractivity contribution >= 4 is 18.2 Å². The number of carbonyl (C=O) groups excluding carboxylic acids is 1. The van der Waals surface area contributed by atoms with Crippen LogP contribution in [0.3, 0.4) is 0 Å². The summed E-state index contributed by atoms with van der Waals surface area (Å²) < 4.78 is 5.27. The largest absolute Gasteiger partial charge is 0.377 e. The van der Waals surface area contributed by atoms with Gasteiger partial charge in [0.2, 0.25) is 0 Å². The maximum atomic E-state index is 10.8. The van der Waals surface area contributed by atoms with Crippen LogP contribution in [-0.4, -0.2) is 42.6 Å². The zero-order valence-electron chi connectivity index (χ0n) is 8.78. The van der Waals surface area contributed by atoms with E-state index in [1.807, 2.05) is 6.92 Å². The molecule has 0 bridgehead atoms. The van der Waals surface area contributed by atoms with Gasteiger partial charge in [-0.15, -0.1) is 12.4 Å². The average molecular weight is 223 g/mol. The molecule has 1 rings (SSSR count). The molecule has 5 heteroatoms. The number of nitrogens with two attached hydrogens (primary N) is 1. The van der Waals surface area contributed by atoms with Gasteiger partial charge in [0.25, 0.3) is 0 Å². The van der Waals surface area contributed by atoms with Crippen LogP contribution in [0.25, 0.3) is 0 Å². The molecule has 0 aliphatic carbocycles. The SMILES string of the molecule is CC(=O)CCN1CCOCC1(C)N.Cl. The topological polar surface area (TPSA) is 55.6 Å². The molecular weight excluding hydrogens is 204 g/mol. The number of morpholine rings is 1. The number of Topliss-reactive ketones (excluding diaryl/α,β-unsaturated/α-hetero) is 1. The van der Waals surface area contributed by atoms with Crippen LogP contribution in [-0.2, 0) is 9.53 Å². The lowest BCUT2D eigenvalue weighted by Crippen LogP contribution is -2.61. The molecule has 1 atom stereocenters. The maximum absolute atomic E-state index is 10.8. The first-order valence-electron chi connectivity index (χ1n) is 4.63. The van der Waals surface area contributed by atoms with Crippen LogP contribution in [0.4, 0.5) is 0 Å². The second kappa shape index (κ2) is 5.66. The van der Waals surface area contributed by atoms with Gasteiger partial charge >= 0.3 is 0 Å². The summed E-state index contributed by atoms with van der Waals surface area (Å²) in [4.78, 5) is 12.9. The van der Waals surface area contributed by atoms with E-state index >= 15 is 0 Å². The molecular formula is C9H19ClN2O2. The Morgan fingerprint density at radius 2 is 2.29 bits per heavy atom. The second-order valence-electron chi connectivity index (χ2n) is 3.85. The van der Waals surface area contributed by atoms with Gasteiger partial charge in [0.1, 0.15) is 5.78 Å². The third kappa shape index (κ3) is 3.92. The molecule has 1 fully saturated rings. The summed E-state index contributed by atoms with van der Waals surface area (Å²) in [6, 6.07) is 0. The molecule has 0 aromatic carbocycles. The van der Waals surface area contributed by atoms with E-state index in [1.165, 1.54) is 0 Å². The molecule has 14 heavy (non-hydrogen) atoms. The van der Waals surface area contributed by atoms with Crippen LogP contribution in [0, 0.1) is 0 Å². The fourth-order valence-electron chi connectivity index (χ4n) is 1.46. The summed E-state index contributed by atoms with van der Waals surface area (Å²) in [6.45, 7) is 6.36. The summed E-state index contributed by atoms with van der Waals surface area (Å²) in [6.07, 6.45) is 0.576. The predicted octanol–water partition coefficient (Wildman–Crippen LogP) is 0.394. The number of ketones is 1. The minimum Gasteiger partial charge on any atom is -0.377 e. The molecule has 1 heterocycles. The lowest BCUT2D eigenvalue weighted by Gasteiger charge is -2.41. The number of hydrogen-bond donors (Lipinski definition) is 1. The standard InChI is InChI=1S/C9H18N2O2.ClH/c1-8(12)3-4-11-5-6-13-7-9(11,2)10;/h3-7,10H2,1-2H3;1H. The maximum Gasteiger partial charge on any atom is 0.131 e.